The van der Waals surface area contributed by atoms with Crippen LogP contribution in [-0.4, -0.2) is 28.5 Å². The number of aromatic nitrogens is 2. The summed E-state index contributed by atoms with van der Waals surface area (Å²) in [7, 11) is 1.30. The first-order chi connectivity index (χ1) is 15.0. The molecule has 0 saturated carbocycles. The number of methoxy groups -OCH3 is 1. The Kier molecular flexibility index (Phi) is 6.00. The molecule has 0 aliphatic rings. The SMILES string of the molecule is COC(=O)C(NC(=O)c1ccc2c(c1)ncn2Cc1ccc(Cl)cc1)c1ccccc1. The number of fused-ring (bicyclic) bond motifs is 1. The summed E-state index contributed by atoms with van der Waals surface area (Å²) in [4.78, 5) is 29.5. The average Bonchev–Trinajstić information content (AvgIpc) is 3.20. The second-order valence-corrected chi connectivity index (χ2v) is 7.48. The Balaban J connectivity index is 1.56. The van der Waals surface area contributed by atoms with Gasteiger partial charge in [-0.2, -0.15) is 0 Å². The van der Waals surface area contributed by atoms with Crippen LogP contribution in [0.4, 0.5) is 0 Å². The number of imidazole rings is 1. The van der Waals surface area contributed by atoms with Crippen molar-refractivity contribution in [2.45, 2.75) is 12.6 Å². The van der Waals surface area contributed by atoms with E-state index in [2.05, 4.69) is 10.3 Å². The van der Waals surface area contributed by atoms with Crippen molar-refractivity contribution in [3.8, 4) is 0 Å². The molecule has 4 rings (SSSR count). The number of ether oxygens (including phenoxy) is 1. The molecule has 31 heavy (non-hydrogen) atoms. The highest BCUT2D eigenvalue weighted by atomic mass is 35.5. The van der Waals surface area contributed by atoms with E-state index in [1.54, 1.807) is 42.7 Å². The third kappa shape index (κ3) is 4.59. The zero-order valence-electron chi connectivity index (χ0n) is 16.8. The van der Waals surface area contributed by atoms with Gasteiger partial charge in [-0.1, -0.05) is 54.1 Å². The number of nitrogens with zero attached hydrogens (tertiary/aromatic N) is 2. The van der Waals surface area contributed by atoms with Crippen molar-refractivity contribution in [1.29, 1.82) is 0 Å². The highest BCUT2D eigenvalue weighted by Crippen LogP contribution is 2.19. The van der Waals surface area contributed by atoms with E-state index in [-0.39, 0.29) is 5.91 Å². The molecule has 1 N–H and O–H groups in total. The fourth-order valence-electron chi connectivity index (χ4n) is 3.37. The quantitative estimate of drug-likeness (QED) is 0.458. The summed E-state index contributed by atoms with van der Waals surface area (Å²) in [5, 5.41) is 3.45. The molecule has 6 nitrogen and oxygen atoms in total. The number of halogens is 1. The Morgan fingerprint density at radius 1 is 1.06 bits per heavy atom. The monoisotopic (exact) mass is 433 g/mol. The largest absolute Gasteiger partial charge is 0.467 e. The first-order valence-corrected chi connectivity index (χ1v) is 10.1. The smallest absolute Gasteiger partial charge is 0.333 e. The minimum Gasteiger partial charge on any atom is -0.467 e. The Hall–Kier alpha value is -3.64. The maximum atomic E-state index is 12.9. The number of nitrogens with one attached hydrogen (secondary N) is 1. The maximum Gasteiger partial charge on any atom is 0.333 e. The van der Waals surface area contributed by atoms with Crippen LogP contribution in [0.2, 0.25) is 5.02 Å². The molecule has 0 aliphatic carbocycles. The number of carbonyl (C=O) groups excluding carboxylic acids is 2. The molecule has 3 aromatic carbocycles. The molecule has 1 heterocycles. The predicted molar refractivity (Wildman–Crippen MR) is 119 cm³/mol. The van der Waals surface area contributed by atoms with Crippen LogP contribution in [0.3, 0.4) is 0 Å². The molecular weight excluding hydrogens is 414 g/mol. The Bertz CT molecular complexity index is 1220. The molecule has 0 radical (unpaired) electrons. The summed E-state index contributed by atoms with van der Waals surface area (Å²) in [6.45, 7) is 0.637. The van der Waals surface area contributed by atoms with Crippen LogP contribution in [0, 0.1) is 0 Å². The molecular formula is C24H20ClN3O3. The molecule has 0 aliphatic heterocycles. The van der Waals surface area contributed by atoms with E-state index in [9.17, 15) is 9.59 Å². The second kappa shape index (κ2) is 9.02. The van der Waals surface area contributed by atoms with Crippen molar-refractivity contribution in [3.05, 3.63) is 101 Å². The molecule has 156 valence electrons. The summed E-state index contributed by atoms with van der Waals surface area (Å²) in [6.07, 6.45) is 1.74. The molecule has 1 atom stereocenters. The molecule has 7 heteroatoms. The molecule has 4 aromatic rings. The minimum atomic E-state index is -0.892. The van der Waals surface area contributed by atoms with Gasteiger partial charge in [0.2, 0.25) is 0 Å². The van der Waals surface area contributed by atoms with Crippen molar-refractivity contribution in [3.63, 3.8) is 0 Å². The lowest BCUT2D eigenvalue weighted by Crippen LogP contribution is -2.34. The molecule has 0 spiro atoms. The highest BCUT2D eigenvalue weighted by molar-refractivity contribution is 6.30. The predicted octanol–water partition coefficient (Wildman–Crippen LogP) is 4.38. The Morgan fingerprint density at radius 3 is 2.52 bits per heavy atom. The molecule has 0 saturated heterocycles. The first-order valence-electron chi connectivity index (χ1n) is 9.68. The van der Waals surface area contributed by atoms with Gasteiger partial charge in [-0.25, -0.2) is 9.78 Å². The number of amides is 1. The Morgan fingerprint density at radius 2 is 1.81 bits per heavy atom. The lowest BCUT2D eigenvalue weighted by molar-refractivity contribution is -0.143. The van der Waals surface area contributed by atoms with Crippen molar-refractivity contribution in [2.24, 2.45) is 0 Å². The van der Waals surface area contributed by atoms with Gasteiger partial charge in [-0.05, 0) is 41.5 Å². The fourth-order valence-corrected chi connectivity index (χ4v) is 3.50. The Labute approximate surface area is 184 Å². The van der Waals surface area contributed by atoms with Gasteiger partial charge < -0.3 is 14.6 Å². The minimum absolute atomic E-state index is 0.381. The van der Waals surface area contributed by atoms with Crippen molar-refractivity contribution >= 4 is 34.5 Å². The van der Waals surface area contributed by atoms with Crippen LogP contribution < -0.4 is 5.32 Å². The number of rotatable bonds is 6. The molecule has 1 amide bonds. The summed E-state index contributed by atoms with van der Waals surface area (Å²) in [5.74, 6) is -0.915. The van der Waals surface area contributed by atoms with Crippen LogP contribution in [0.1, 0.15) is 27.5 Å². The van der Waals surface area contributed by atoms with E-state index in [1.807, 2.05) is 41.0 Å². The molecule has 1 unspecified atom stereocenters. The van der Waals surface area contributed by atoms with Crippen LogP contribution in [0.15, 0.2) is 79.1 Å². The summed E-state index contributed by atoms with van der Waals surface area (Å²) in [5.41, 5.74) is 3.74. The lowest BCUT2D eigenvalue weighted by atomic mass is 10.1. The van der Waals surface area contributed by atoms with Gasteiger partial charge in [0.15, 0.2) is 6.04 Å². The molecule has 1 aromatic heterocycles. The van der Waals surface area contributed by atoms with Gasteiger partial charge in [0.05, 0.1) is 24.5 Å². The first kappa shape index (κ1) is 20.6. The third-order valence-electron chi connectivity index (χ3n) is 4.99. The van der Waals surface area contributed by atoms with Gasteiger partial charge in [0.25, 0.3) is 5.91 Å². The average molecular weight is 434 g/mol. The number of hydrogen-bond donors (Lipinski definition) is 1. The second-order valence-electron chi connectivity index (χ2n) is 7.04. The fraction of sp³-hybridized carbons (Fsp3) is 0.125. The summed E-state index contributed by atoms with van der Waals surface area (Å²) >= 11 is 5.95. The van der Waals surface area contributed by atoms with E-state index in [0.29, 0.717) is 28.2 Å². The van der Waals surface area contributed by atoms with Gasteiger partial charge in [0.1, 0.15) is 0 Å². The van der Waals surface area contributed by atoms with E-state index in [1.165, 1.54) is 7.11 Å². The third-order valence-corrected chi connectivity index (χ3v) is 5.25. The number of hydrogen-bond acceptors (Lipinski definition) is 4. The van der Waals surface area contributed by atoms with E-state index < -0.39 is 12.0 Å². The van der Waals surface area contributed by atoms with Crippen molar-refractivity contribution in [2.75, 3.05) is 7.11 Å². The van der Waals surface area contributed by atoms with Crippen LogP contribution >= 0.6 is 11.6 Å². The van der Waals surface area contributed by atoms with Crippen LogP contribution in [0.25, 0.3) is 11.0 Å². The van der Waals surface area contributed by atoms with E-state index >= 15 is 0 Å². The number of carbonyl (C=O) groups is 2. The topological polar surface area (TPSA) is 73.2 Å². The maximum absolute atomic E-state index is 12.9. The van der Waals surface area contributed by atoms with Gasteiger partial charge in [0, 0.05) is 17.1 Å². The molecule has 0 bridgehead atoms. The summed E-state index contributed by atoms with van der Waals surface area (Å²) in [6, 6.07) is 21.0. The normalized spacial score (nSPS) is 11.8. The van der Waals surface area contributed by atoms with Gasteiger partial charge in [-0.15, -0.1) is 0 Å². The number of benzene rings is 3. The van der Waals surface area contributed by atoms with Crippen LogP contribution in [0.5, 0.6) is 0 Å². The van der Waals surface area contributed by atoms with Crippen LogP contribution in [-0.2, 0) is 16.1 Å². The van der Waals surface area contributed by atoms with Gasteiger partial charge in [-0.3, -0.25) is 4.79 Å². The zero-order chi connectivity index (χ0) is 21.8. The van der Waals surface area contributed by atoms with Gasteiger partial charge >= 0.3 is 5.97 Å². The van der Waals surface area contributed by atoms with Crippen molar-refractivity contribution in [1.82, 2.24) is 14.9 Å². The number of esters is 1. The van der Waals surface area contributed by atoms with Crippen molar-refractivity contribution < 1.29 is 14.3 Å². The highest BCUT2D eigenvalue weighted by Gasteiger charge is 2.24. The summed E-state index contributed by atoms with van der Waals surface area (Å²) < 4.78 is 6.86. The van der Waals surface area contributed by atoms with E-state index in [0.717, 1.165) is 11.1 Å². The lowest BCUT2D eigenvalue weighted by Gasteiger charge is -2.17. The zero-order valence-corrected chi connectivity index (χ0v) is 17.5. The van der Waals surface area contributed by atoms with E-state index in [4.69, 9.17) is 16.3 Å². The standard InChI is InChI=1S/C24H20ClN3O3/c1-31-24(30)22(17-5-3-2-4-6-17)27-23(29)18-9-12-21-20(13-18)26-15-28(21)14-16-7-10-19(25)11-8-16/h2-13,15,22H,14H2,1H3,(H,27,29). The molecule has 0 fully saturated rings.